The summed E-state index contributed by atoms with van der Waals surface area (Å²) in [5, 5.41) is 6.55. The van der Waals surface area contributed by atoms with Crippen molar-refractivity contribution in [1.29, 1.82) is 0 Å². The highest BCUT2D eigenvalue weighted by atomic mass is 16.5. The summed E-state index contributed by atoms with van der Waals surface area (Å²) < 4.78 is 11.7. The molecule has 6 heteroatoms. The molecule has 2 N–H and O–H groups in total. The summed E-state index contributed by atoms with van der Waals surface area (Å²) in [4.78, 5) is 15.3. The second kappa shape index (κ2) is 12.2. The van der Waals surface area contributed by atoms with E-state index in [0.29, 0.717) is 31.3 Å². The van der Waals surface area contributed by atoms with Gasteiger partial charge in [0.1, 0.15) is 12.4 Å². The Kier molecular flexibility index (Phi) is 8.75. The number of nitrogens with zero attached hydrogens (tertiary/aromatic N) is 1. The lowest BCUT2D eigenvalue weighted by molar-refractivity contribution is 0.0947. The summed E-state index contributed by atoms with van der Waals surface area (Å²) in [6, 6.07) is 14.4. The molecule has 1 saturated heterocycles. The highest BCUT2D eigenvalue weighted by molar-refractivity contribution is 5.94. The van der Waals surface area contributed by atoms with Crippen LogP contribution in [0, 0.1) is 5.92 Å². The lowest BCUT2D eigenvalue weighted by Crippen LogP contribution is -2.34. The third-order valence-corrected chi connectivity index (χ3v) is 6.51. The molecule has 2 aliphatic rings. The van der Waals surface area contributed by atoms with Gasteiger partial charge in [0.15, 0.2) is 0 Å². The van der Waals surface area contributed by atoms with E-state index in [2.05, 4.69) is 46.8 Å². The van der Waals surface area contributed by atoms with Gasteiger partial charge >= 0.3 is 0 Å². The molecule has 1 fully saturated rings. The summed E-state index contributed by atoms with van der Waals surface area (Å²) in [7, 11) is 2.18. The van der Waals surface area contributed by atoms with Gasteiger partial charge in [-0.15, -0.1) is 0 Å². The number of rotatable bonds is 4. The van der Waals surface area contributed by atoms with Crippen molar-refractivity contribution in [2.75, 3.05) is 53.0 Å². The van der Waals surface area contributed by atoms with Crippen LogP contribution in [0.2, 0.25) is 0 Å². The SMILES string of the molecule is CN1CCCC(CCNC(=O)c2ccc3c(c2)Cc2cccc(c2)CNCCOCCO3)C1. The number of benzene rings is 2. The number of amides is 1. The quantitative estimate of drug-likeness (QED) is 0.747. The van der Waals surface area contributed by atoms with Gasteiger partial charge < -0.3 is 25.0 Å². The largest absolute Gasteiger partial charge is 0.491 e. The number of piperidine rings is 1. The summed E-state index contributed by atoms with van der Waals surface area (Å²) in [5.74, 6) is 1.48. The fourth-order valence-corrected chi connectivity index (χ4v) is 4.76. The number of carbonyl (C=O) groups is 1. The van der Waals surface area contributed by atoms with Crippen LogP contribution in [0.5, 0.6) is 5.75 Å². The third kappa shape index (κ3) is 7.29. The van der Waals surface area contributed by atoms with E-state index >= 15 is 0 Å². The number of ether oxygens (including phenoxy) is 2. The van der Waals surface area contributed by atoms with Crippen LogP contribution in [-0.2, 0) is 17.7 Å². The summed E-state index contributed by atoms with van der Waals surface area (Å²) in [5.41, 5.74) is 4.17. The first-order valence-electron chi connectivity index (χ1n) is 12.3. The van der Waals surface area contributed by atoms with Crippen LogP contribution >= 0.6 is 0 Å². The molecule has 2 aliphatic heterocycles. The van der Waals surface area contributed by atoms with Gasteiger partial charge in [-0.25, -0.2) is 0 Å². The lowest BCUT2D eigenvalue weighted by atomic mass is 9.95. The Labute approximate surface area is 197 Å². The van der Waals surface area contributed by atoms with Gasteiger partial charge in [0, 0.05) is 38.2 Å². The third-order valence-electron chi connectivity index (χ3n) is 6.51. The molecule has 4 rings (SSSR count). The highest BCUT2D eigenvalue weighted by Crippen LogP contribution is 2.24. The van der Waals surface area contributed by atoms with Gasteiger partial charge in [-0.05, 0) is 73.7 Å². The fraction of sp³-hybridized carbons (Fsp3) is 0.519. The molecule has 0 saturated carbocycles. The highest BCUT2D eigenvalue weighted by Gasteiger charge is 2.17. The molecular weight excluding hydrogens is 414 g/mol. The number of carbonyl (C=O) groups excluding carboxylic acids is 1. The first-order chi connectivity index (χ1) is 16.2. The first-order valence-corrected chi connectivity index (χ1v) is 12.3. The van der Waals surface area contributed by atoms with E-state index in [1.165, 1.54) is 30.5 Å². The summed E-state index contributed by atoms with van der Waals surface area (Å²) in [6.07, 6.45) is 4.27. The molecule has 6 nitrogen and oxygen atoms in total. The van der Waals surface area contributed by atoms with Crippen LogP contribution in [-0.4, -0.2) is 63.9 Å². The van der Waals surface area contributed by atoms with Gasteiger partial charge in [-0.1, -0.05) is 24.3 Å². The molecule has 0 spiro atoms. The average molecular weight is 452 g/mol. The van der Waals surface area contributed by atoms with E-state index < -0.39 is 0 Å². The Morgan fingerprint density at radius 2 is 2.06 bits per heavy atom. The van der Waals surface area contributed by atoms with Crippen molar-refractivity contribution in [3.63, 3.8) is 0 Å². The second-order valence-electron chi connectivity index (χ2n) is 9.27. The number of likely N-dealkylation sites (tertiary alicyclic amines) is 1. The van der Waals surface area contributed by atoms with E-state index in [4.69, 9.17) is 9.47 Å². The number of hydrogen-bond donors (Lipinski definition) is 2. The first kappa shape index (κ1) is 23.7. The molecule has 1 unspecified atom stereocenters. The molecule has 0 aromatic heterocycles. The molecule has 1 atom stereocenters. The van der Waals surface area contributed by atoms with Crippen molar-refractivity contribution in [2.24, 2.45) is 5.92 Å². The van der Waals surface area contributed by atoms with Gasteiger partial charge in [0.2, 0.25) is 0 Å². The summed E-state index contributed by atoms with van der Waals surface area (Å²) in [6.45, 7) is 6.37. The minimum absolute atomic E-state index is 0.0114. The molecule has 2 bridgehead atoms. The van der Waals surface area contributed by atoms with Crippen molar-refractivity contribution in [3.8, 4) is 5.75 Å². The van der Waals surface area contributed by atoms with Crippen molar-refractivity contribution in [1.82, 2.24) is 15.5 Å². The van der Waals surface area contributed by atoms with Gasteiger partial charge in [-0.2, -0.15) is 0 Å². The zero-order chi connectivity index (χ0) is 22.9. The molecular formula is C27H37N3O3. The van der Waals surface area contributed by atoms with Crippen molar-refractivity contribution in [3.05, 3.63) is 64.7 Å². The molecule has 1 amide bonds. The minimum Gasteiger partial charge on any atom is -0.491 e. The zero-order valence-electron chi connectivity index (χ0n) is 19.8. The smallest absolute Gasteiger partial charge is 0.251 e. The van der Waals surface area contributed by atoms with Crippen molar-refractivity contribution < 1.29 is 14.3 Å². The number of nitrogens with one attached hydrogen (secondary N) is 2. The van der Waals surface area contributed by atoms with Crippen LogP contribution in [0.3, 0.4) is 0 Å². The average Bonchev–Trinajstić information content (AvgIpc) is 2.81. The van der Waals surface area contributed by atoms with Gasteiger partial charge in [0.05, 0.1) is 13.2 Å². The maximum absolute atomic E-state index is 12.9. The van der Waals surface area contributed by atoms with E-state index in [0.717, 1.165) is 50.3 Å². The standard InChI is InChI=1S/C27H37N3O3/c1-30-12-3-6-21(20-30)9-10-29-27(31)24-7-8-26-25(18-24)17-22-4-2-5-23(16-22)19-28-11-13-32-14-15-33-26/h2,4-5,7-8,16,18,21,28H,3,6,9-15,17,19-20H2,1H3,(H,29,31). The van der Waals surface area contributed by atoms with E-state index in [9.17, 15) is 4.79 Å². The second-order valence-corrected chi connectivity index (χ2v) is 9.27. The Hall–Kier alpha value is -2.41. The maximum Gasteiger partial charge on any atom is 0.251 e. The number of fused-ring (bicyclic) bond motifs is 3. The van der Waals surface area contributed by atoms with Crippen LogP contribution in [0.4, 0.5) is 0 Å². The molecule has 0 radical (unpaired) electrons. The van der Waals surface area contributed by atoms with Crippen molar-refractivity contribution >= 4 is 5.91 Å². The predicted molar refractivity (Wildman–Crippen MR) is 131 cm³/mol. The van der Waals surface area contributed by atoms with E-state index in [1.807, 2.05) is 18.2 Å². The monoisotopic (exact) mass is 451 g/mol. The Morgan fingerprint density at radius 1 is 1.15 bits per heavy atom. The zero-order valence-corrected chi connectivity index (χ0v) is 19.8. The predicted octanol–water partition coefficient (Wildman–Crippen LogP) is 3.24. The normalized spacial score (nSPS) is 20.2. The topological polar surface area (TPSA) is 62.8 Å². The molecule has 2 aromatic carbocycles. The lowest BCUT2D eigenvalue weighted by Gasteiger charge is -2.29. The molecule has 178 valence electrons. The fourth-order valence-electron chi connectivity index (χ4n) is 4.76. The Balaban J connectivity index is 1.44. The van der Waals surface area contributed by atoms with Crippen LogP contribution < -0.4 is 15.4 Å². The minimum atomic E-state index is -0.0114. The molecule has 2 aromatic rings. The van der Waals surface area contributed by atoms with Crippen LogP contribution in [0.15, 0.2) is 42.5 Å². The van der Waals surface area contributed by atoms with Gasteiger partial charge in [-0.3, -0.25) is 4.79 Å². The van der Waals surface area contributed by atoms with Crippen molar-refractivity contribution in [2.45, 2.75) is 32.2 Å². The Bertz CT molecular complexity index is 917. The number of hydrogen-bond acceptors (Lipinski definition) is 5. The maximum atomic E-state index is 12.9. The molecule has 2 heterocycles. The van der Waals surface area contributed by atoms with Gasteiger partial charge in [0.25, 0.3) is 5.91 Å². The Morgan fingerprint density at radius 3 is 2.97 bits per heavy atom. The summed E-state index contributed by atoms with van der Waals surface area (Å²) >= 11 is 0. The molecule has 0 aliphatic carbocycles. The van der Waals surface area contributed by atoms with E-state index in [-0.39, 0.29) is 5.91 Å². The van der Waals surface area contributed by atoms with E-state index in [1.54, 1.807) is 0 Å². The van der Waals surface area contributed by atoms with Crippen LogP contribution in [0.1, 0.15) is 46.3 Å². The van der Waals surface area contributed by atoms with Crippen LogP contribution in [0.25, 0.3) is 0 Å². The molecule has 33 heavy (non-hydrogen) atoms.